The molecule has 0 amide bonds. The highest BCUT2D eigenvalue weighted by Gasteiger charge is 2.08. The quantitative estimate of drug-likeness (QED) is 0.864. The van der Waals surface area contributed by atoms with Crippen LogP contribution in [0.3, 0.4) is 0 Å². The third kappa shape index (κ3) is 3.49. The fraction of sp³-hybridized carbons (Fsp3) is 0.538. The van der Waals surface area contributed by atoms with E-state index in [2.05, 4.69) is 35.1 Å². The number of aryl methyl sites for hydroxylation is 1. The minimum Gasteiger partial charge on any atom is -0.506 e. The van der Waals surface area contributed by atoms with Gasteiger partial charge in [0.1, 0.15) is 5.75 Å². The van der Waals surface area contributed by atoms with Gasteiger partial charge in [0.25, 0.3) is 0 Å². The van der Waals surface area contributed by atoms with Crippen LogP contribution in [0.25, 0.3) is 0 Å². The molecule has 0 fully saturated rings. The average molecular weight is 286 g/mol. The van der Waals surface area contributed by atoms with Crippen molar-refractivity contribution < 1.29 is 5.11 Å². The van der Waals surface area contributed by atoms with E-state index in [0.29, 0.717) is 11.8 Å². The summed E-state index contributed by atoms with van der Waals surface area (Å²) < 4.78 is 0.772. The first-order valence-corrected chi connectivity index (χ1v) is 6.59. The van der Waals surface area contributed by atoms with Gasteiger partial charge in [0.15, 0.2) is 0 Å². The minimum absolute atomic E-state index is 0.351. The molecule has 0 atom stereocenters. The van der Waals surface area contributed by atoms with Crippen LogP contribution in [0.15, 0.2) is 16.6 Å². The van der Waals surface area contributed by atoms with Crippen LogP contribution in [0.1, 0.15) is 37.8 Å². The molecule has 1 aromatic rings. The smallest absolute Gasteiger partial charge is 0.134 e. The molecule has 2 N–H and O–H groups in total. The maximum Gasteiger partial charge on any atom is 0.134 e. The summed E-state index contributed by atoms with van der Waals surface area (Å²) in [6.07, 6.45) is 2.23. The normalized spacial score (nSPS) is 11.1. The van der Waals surface area contributed by atoms with Crippen LogP contribution in [0.4, 0.5) is 0 Å². The van der Waals surface area contributed by atoms with Crippen molar-refractivity contribution in [3.63, 3.8) is 0 Å². The molecular weight excluding hydrogens is 266 g/mol. The molecule has 3 heteroatoms. The van der Waals surface area contributed by atoms with Crippen LogP contribution < -0.4 is 5.32 Å². The highest BCUT2D eigenvalue weighted by atomic mass is 79.9. The first kappa shape index (κ1) is 13.5. The summed E-state index contributed by atoms with van der Waals surface area (Å²) in [5.41, 5.74) is 2.12. The van der Waals surface area contributed by atoms with E-state index in [1.165, 1.54) is 0 Å². The molecule has 0 aliphatic rings. The monoisotopic (exact) mass is 285 g/mol. The van der Waals surface area contributed by atoms with Gasteiger partial charge < -0.3 is 10.4 Å². The molecule has 0 spiro atoms. The van der Waals surface area contributed by atoms with Crippen molar-refractivity contribution in [1.82, 2.24) is 5.32 Å². The van der Waals surface area contributed by atoms with Crippen LogP contribution in [-0.2, 0) is 6.54 Å². The van der Waals surface area contributed by atoms with Crippen molar-refractivity contribution in [2.75, 3.05) is 0 Å². The molecule has 0 bridgehead atoms. The Hall–Kier alpha value is -0.540. The van der Waals surface area contributed by atoms with Gasteiger partial charge in [-0.05, 0) is 47.3 Å². The Morgan fingerprint density at radius 3 is 2.50 bits per heavy atom. The molecule has 0 saturated carbocycles. The Labute approximate surface area is 106 Å². The Kier molecular flexibility index (Phi) is 5.29. The average Bonchev–Trinajstić information content (AvgIpc) is 2.26. The van der Waals surface area contributed by atoms with E-state index in [0.717, 1.165) is 35.0 Å². The van der Waals surface area contributed by atoms with Crippen LogP contribution in [0, 0.1) is 6.92 Å². The van der Waals surface area contributed by atoms with Crippen molar-refractivity contribution in [1.29, 1.82) is 0 Å². The van der Waals surface area contributed by atoms with Gasteiger partial charge >= 0.3 is 0 Å². The number of phenols is 1. The van der Waals surface area contributed by atoms with Gasteiger partial charge in [-0.2, -0.15) is 0 Å². The Bertz CT molecular complexity index is 348. The predicted molar refractivity (Wildman–Crippen MR) is 71.8 cm³/mol. The maximum absolute atomic E-state index is 9.89. The second kappa shape index (κ2) is 6.26. The van der Waals surface area contributed by atoms with E-state index in [1.807, 2.05) is 19.1 Å². The van der Waals surface area contributed by atoms with Crippen LogP contribution in [0.2, 0.25) is 0 Å². The van der Waals surface area contributed by atoms with E-state index >= 15 is 0 Å². The van der Waals surface area contributed by atoms with E-state index in [1.54, 1.807) is 0 Å². The van der Waals surface area contributed by atoms with Crippen LogP contribution in [-0.4, -0.2) is 11.1 Å². The third-order valence-electron chi connectivity index (χ3n) is 2.85. The summed E-state index contributed by atoms with van der Waals surface area (Å²) in [5.74, 6) is 0.351. The zero-order valence-corrected chi connectivity index (χ0v) is 11.8. The van der Waals surface area contributed by atoms with E-state index < -0.39 is 0 Å². The Morgan fingerprint density at radius 2 is 1.94 bits per heavy atom. The van der Waals surface area contributed by atoms with Gasteiger partial charge in [-0.25, -0.2) is 0 Å². The topological polar surface area (TPSA) is 32.3 Å². The Balaban J connectivity index is 2.73. The summed E-state index contributed by atoms with van der Waals surface area (Å²) >= 11 is 3.36. The lowest BCUT2D eigenvalue weighted by Gasteiger charge is -2.16. The summed E-state index contributed by atoms with van der Waals surface area (Å²) in [7, 11) is 0. The van der Waals surface area contributed by atoms with E-state index in [-0.39, 0.29) is 0 Å². The lowest BCUT2D eigenvalue weighted by Crippen LogP contribution is -2.27. The Morgan fingerprint density at radius 1 is 1.31 bits per heavy atom. The predicted octanol–water partition coefficient (Wildman–Crippen LogP) is 3.74. The molecule has 0 aromatic heterocycles. The molecular formula is C13H20BrNO. The largest absolute Gasteiger partial charge is 0.506 e. The number of halogens is 1. The SMILES string of the molecule is CCC(CC)NCc1cc(C)cc(Br)c1O. The van der Waals surface area contributed by atoms with Gasteiger partial charge in [0.2, 0.25) is 0 Å². The molecule has 0 aliphatic heterocycles. The van der Waals surface area contributed by atoms with Crippen molar-refractivity contribution >= 4 is 15.9 Å². The van der Waals surface area contributed by atoms with Crippen molar-refractivity contribution in [2.45, 2.75) is 46.2 Å². The third-order valence-corrected chi connectivity index (χ3v) is 3.46. The molecule has 2 nitrogen and oxygen atoms in total. The number of hydrogen-bond donors (Lipinski definition) is 2. The van der Waals surface area contributed by atoms with E-state index in [4.69, 9.17) is 0 Å². The van der Waals surface area contributed by atoms with Gasteiger partial charge in [0.05, 0.1) is 4.47 Å². The van der Waals surface area contributed by atoms with E-state index in [9.17, 15) is 5.11 Å². The highest BCUT2D eigenvalue weighted by molar-refractivity contribution is 9.10. The van der Waals surface area contributed by atoms with Gasteiger partial charge in [-0.1, -0.05) is 19.9 Å². The molecule has 1 aromatic carbocycles. The first-order chi connectivity index (χ1) is 7.58. The van der Waals surface area contributed by atoms with Crippen LogP contribution >= 0.6 is 15.9 Å². The number of aromatic hydroxyl groups is 1. The molecule has 0 unspecified atom stereocenters. The number of nitrogens with one attached hydrogen (secondary N) is 1. The zero-order valence-electron chi connectivity index (χ0n) is 10.2. The fourth-order valence-corrected chi connectivity index (χ4v) is 2.39. The fourth-order valence-electron chi connectivity index (χ4n) is 1.77. The lowest BCUT2D eigenvalue weighted by atomic mass is 10.1. The standard InChI is InChI=1S/C13H20BrNO/c1-4-11(5-2)15-8-10-6-9(3)7-12(14)13(10)16/h6-7,11,15-16H,4-5,8H2,1-3H3. The van der Waals surface area contributed by atoms with Gasteiger partial charge in [-0.15, -0.1) is 0 Å². The van der Waals surface area contributed by atoms with Crippen LogP contribution in [0.5, 0.6) is 5.75 Å². The molecule has 1 rings (SSSR count). The molecule has 0 saturated heterocycles. The minimum atomic E-state index is 0.351. The number of benzene rings is 1. The zero-order chi connectivity index (χ0) is 12.1. The molecule has 0 radical (unpaired) electrons. The van der Waals surface area contributed by atoms with Crippen molar-refractivity contribution in [3.8, 4) is 5.75 Å². The first-order valence-electron chi connectivity index (χ1n) is 5.79. The number of hydrogen-bond acceptors (Lipinski definition) is 2. The summed E-state index contributed by atoms with van der Waals surface area (Å²) in [4.78, 5) is 0. The lowest BCUT2D eigenvalue weighted by molar-refractivity contribution is 0.445. The number of phenolic OH excluding ortho intramolecular Hbond substituents is 1. The van der Waals surface area contributed by atoms with Crippen molar-refractivity contribution in [2.24, 2.45) is 0 Å². The summed E-state index contributed by atoms with van der Waals surface area (Å²) in [6.45, 7) is 7.10. The summed E-state index contributed by atoms with van der Waals surface area (Å²) in [6, 6.07) is 4.48. The highest BCUT2D eigenvalue weighted by Crippen LogP contribution is 2.29. The molecule has 90 valence electrons. The maximum atomic E-state index is 9.89. The van der Waals surface area contributed by atoms with Crippen molar-refractivity contribution in [3.05, 3.63) is 27.7 Å². The van der Waals surface area contributed by atoms with Gasteiger partial charge in [-0.3, -0.25) is 0 Å². The molecule has 0 aliphatic carbocycles. The second-order valence-corrected chi connectivity index (χ2v) is 5.00. The summed E-state index contributed by atoms with van der Waals surface area (Å²) in [5, 5.41) is 13.3. The molecule has 16 heavy (non-hydrogen) atoms. The molecule has 0 heterocycles. The second-order valence-electron chi connectivity index (χ2n) is 4.15. The van der Waals surface area contributed by atoms with Gasteiger partial charge in [0, 0.05) is 18.2 Å². The number of rotatable bonds is 5.